The van der Waals surface area contributed by atoms with E-state index in [0.29, 0.717) is 17.3 Å². The second-order valence-electron chi connectivity index (χ2n) is 7.62. The monoisotopic (exact) mass is 431 g/mol. The van der Waals surface area contributed by atoms with Crippen LogP contribution in [0.3, 0.4) is 0 Å². The number of anilines is 1. The number of carbonyl (C=O) groups excluding carboxylic acids is 1. The summed E-state index contributed by atoms with van der Waals surface area (Å²) >= 11 is 6.10. The van der Waals surface area contributed by atoms with Gasteiger partial charge in [-0.1, -0.05) is 48.0 Å². The van der Waals surface area contributed by atoms with Gasteiger partial charge in [-0.25, -0.2) is 4.79 Å². The third-order valence-electron chi connectivity index (χ3n) is 5.80. The van der Waals surface area contributed by atoms with Crippen LogP contribution >= 0.6 is 11.6 Å². The molecule has 2 N–H and O–H groups in total. The van der Waals surface area contributed by atoms with Crippen molar-refractivity contribution in [2.75, 3.05) is 19.0 Å². The van der Waals surface area contributed by atoms with Crippen LogP contribution in [0.1, 0.15) is 22.9 Å². The van der Waals surface area contributed by atoms with Crippen molar-refractivity contribution in [3.05, 3.63) is 94.6 Å². The molecule has 0 aliphatic carbocycles. The van der Waals surface area contributed by atoms with Gasteiger partial charge in [0.05, 0.1) is 13.2 Å². The normalized spacial score (nSPS) is 15.5. The Morgan fingerprint density at radius 3 is 2.68 bits per heavy atom. The molecule has 0 bridgehead atoms. The summed E-state index contributed by atoms with van der Waals surface area (Å²) in [4.78, 5) is 18.8. The smallest absolute Gasteiger partial charge is 0.322 e. The quantitative estimate of drug-likeness (QED) is 0.417. The van der Waals surface area contributed by atoms with Crippen molar-refractivity contribution in [1.29, 1.82) is 0 Å². The second-order valence-corrected chi connectivity index (χ2v) is 8.06. The van der Waals surface area contributed by atoms with E-state index in [1.807, 2.05) is 47.4 Å². The number of fused-ring (bicyclic) bond motifs is 3. The number of hydrogen-bond donors (Lipinski definition) is 2. The lowest BCUT2D eigenvalue weighted by atomic mass is 9.92. The van der Waals surface area contributed by atoms with Crippen molar-refractivity contribution in [1.82, 2.24) is 9.88 Å². The van der Waals surface area contributed by atoms with Crippen molar-refractivity contribution < 1.29 is 9.53 Å². The van der Waals surface area contributed by atoms with Crippen molar-refractivity contribution in [2.24, 2.45) is 0 Å². The zero-order valence-corrected chi connectivity index (χ0v) is 17.8. The third-order valence-corrected chi connectivity index (χ3v) is 6.04. The number of rotatable bonds is 3. The summed E-state index contributed by atoms with van der Waals surface area (Å²) in [5.41, 5.74) is 5.10. The minimum Gasteiger partial charge on any atom is -0.497 e. The third kappa shape index (κ3) is 3.62. The lowest BCUT2D eigenvalue weighted by Gasteiger charge is -2.36. The van der Waals surface area contributed by atoms with Gasteiger partial charge in [-0.2, -0.15) is 0 Å². The number of benzene rings is 3. The molecule has 1 aliphatic rings. The van der Waals surface area contributed by atoms with E-state index in [4.69, 9.17) is 16.3 Å². The molecule has 1 aromatic heterocycles. The molecule has 3 aromatic carbocycles. The van der Waals surface area contributed by atoms with Crippen molar-refractivity contribution in [3.63, 3.8) is 0 Å². The molecule has 0 unspecified atom stereocenters. The van der Waals surface area contributed by atoms with Gasteiger partial charge in [0.2, 0.25) is 0 Å². The Kier molecular flexibility index (Phi) is 5.04. The van der Waals surface area contributed by atoms with Crippen LogP contribution in [0.2, 0.25) is 5.02 Å². The van der Waals surface area contributed by atoms with E-state index in [1.54, 1.807) is 19.2 Å². The molecule has 4 aromatic rings. The van der Waals surface area contributed by atoms with Gasteiger partial charge in [-0.05, 0) is 53.9 Å². The van der Waals surface area contributed by atoms with Gasteiger partial charge >= 0.3 is 6.03 Å². The van der Waals surface area contributed by atoms with E-state index in [2.05, 4.69) is 28.5 Å². The Labute approximate surface area is 185 Å². The SMILES string of the molecule is COc1ccc([C@@H]2c3[nH]c4ccccc4c3CCN2C(=O)Nc2cccc(Cl)c2)cc1. The fourth-order valence-corrected chi connectivity index (χ4v) is 4.54. The summed E-state index contributed by atoms with van der Waals surface area (Å²) < 4.78 is 5.33. The molecule has 0 fully saturated rings. The first-order valence-corrected chi connectivity index (χ1v) is 10.6. The molecule has 31 heavy (non-hydrogen) atoms. The molecular formula is C25H22ClN3O2. The molecular weight excluding hydrogens is 410 g/mol. The van der Waals surface area contributed by atoms with Crippen molar-refractivity contribution in [2.45, 2.75) is 12.5 Å². The average Bonchev–Trinajstić information content (AvgIpc) is 3.17. The van der Waals surface area contributed by atoms with E-state index in [0.717, 1.165) is 28.9 Å². The van der Waals surface area contributed by atoms with Crippen LogP contribution in [0.4, 0.5) is 10.5 Å². The fraction of sp³-hybridized carbons (Fsp3) is 0.160. The van der Waals surface area contributed by atoms with Crippen LogP contribution in [-0.2, 0) is 6.42 Å². The first kappa shape index (κ1) is 19.5. The topological polar surface area (TPSA) is 57.4 Å². The summed E-state index contributed by atoms with van der Waals surface area (Å²) in [6, 6.07) is 23.0. The number of H-pyrrole nitrogens is 1. The summed E-state index contributed by atoms with van der Waals surface area (Å²) in [6.45, 7) is 0.609. The molecule has 1 atom stereocenters. The van der Waals surface area contributed by atoms with Crippen molar-refractivity contribution >= 4 is 34.2 Å². The highest BCUT2D eigenvalue weighted by atomic mass is 35.5. The highest BCUT2D eigenvalue weighted by molar-refractivity contribution is 6.30. The molecule has 2 amide bonds. The summed E-state index contributed by atoms with van der Waals surface area (Å²) in [5, 5.41) is 4.80. The number of ether oxygens (including phenoxy) is 1. The number of methoxy groups -OCH3 is 1. The van der Waals surface area contributed by atoms with Gasteiger partial charge in [0.1, 0.15) is 5.75 Å². The maximum absolute atomic E-state index is 13.3. The van der Waals surface area contributed by atoms with E-state index in [9.17, 15) is 4.79 Å². The molecule has 0 saturated carbocycles. The number of nitrogens with one attached hydrogen (secondary N) is 2. The average molecular weight is 432 g/mol. The molecule has 0 saturated heterocycles. The van der Waals surface area contributed by atoms with Gasteiger partial charge in [0.15, 0.2) is 0 Å². The Hall–Kier alpha value is -3.44. The van der Waals surface area contributed by atoms with Gasteiger partial charge in [0, 0.05) is 33.9 Å². The number of halogens is 1. The molecule has 5 nitrogen and oxygen atoms in total. The molecule has 5 rings (SSSR count). The minimum atomic E-state index is -0.235. The molecule has 1 aliphatic heterocycles. The largest absolute Gasteiger partial charge is 0.497 e. The van der Waals surface area contributed by atoms with Gasteiger partial charge < -0.3 is 19.9 Å². The maximum Gasteiger partial charge on any atom is 0.322 e. The van der Waals surface area contributed by atoms with Crippen LogP contribution in [0, 0.1) is 0 Å². The first-order chi connectivity index (χ1) is 15.1. The van der Waals surface area contributed by atoms with Gasteiger partial charge in [-0.3, -0.25) is 0 Å². The predicted molar refractivity (Wildman–Crippen MR) is 124 cm³/mol. The van der Waals surface area contributed by atoms with Gasteiger partial charge in [-0.15, -0.1) is 0 Å². The van der Waals surface area contributed by atoms with E-state index >= 15 is 0 Å². The standard InChI is InChI=1S/C25H22ClN3O2/c1-31-19-11-9-16(10-12-19)24-23-21(20-7-2-3-8-22(20)28-23)13-14-29(24)25(30)27-18-6-4-5-17(26)15-18/h2-12,15,24,28H,13-14H2,1H3,(H,27,30)/t24-/m1/s1. The molecule has 156 valence electrons. The predicted octanol–water partition coefficient (Wildman–Crippen LogP) is 6.01. The fourth-order valence-electron chi connectivity index (χ4n) is 4.35. The van der Waals surface area contributed by atoms with Crippen LogP contribution in [0.25, 0.3) is 10.9 Å². The van der Waals surface area contributed by atoms with E-state index in [1.165, 1.54) is 10.9 Å². The molecule has 6 heteroatoms. The van der Waals surface area contributed by atoms with Crippen LogP contribution in [0.15, 0.2) is 72.8 Å². The zero-order chi connectivity index (χ0) is 21.4. The van der Waals surface area contributed by atoms with E-state index < -0.39 is 0 Å². The molecule has 0 radical (unpaired) electrons. The number of para-hydroxylation sites is 1. The maximum atomic E-state index is 13.3. The molecule has 2 heterocycles. The minimum absolute atomic E-state index is 0.160. The number of nitrogens with zero attached hydrogens (tertiary/aromatic N) is 1. The number of aromatic nitrogens is 1. The lowest BCUT2D eigenvalue weighted by molar-refractivity contribution is 0.193. The Morgan fingerprint density at radius 2 is 1.90 bits per heavy atom. The lowest BCUT2D eigenvalue weighted by Crippen LogP contribution is -2.43. The Morgan fingerprint density at radius 1 is 1.10 bits per heavy atom. The van der Waals surface area contributed by atoms with E-state index in [-0.39, 0.29) is 12.1 Å². The Balaban J connectivity index is 1.57. The van der Waals surface area contributed by atoms with Crippen molar-refractivity contribution in [3.8, 4) is 5.75 Å². The second kappa shape index (κ2) is 8.00. The summed E-state index contributed by atoms with van der Waals surface area (Å²) in [7, 11) is 1.65. The highest BCUT2D eigenvalue weighted by Gasteiger charge is 2.34. The Bertz CT molecular complexity index is 1250. The number of carbonyl (C=O) groups is 1. The number of aromatic amines is 1. The molecule has 0 spiro atoms. The number of hydrogen-bond acceptors (Lipinski definition) is 2. The van der Waals surface area contributed by atoms with Crippen LogP contribution < -0.4 is 10.1 Å². The van der Waals surface area contributed by atoms with Crippen LogP contribution in [-0.4, -0.2) is 29.6 Å². The summed E-state index contributed by atoms with van der Waals surface area (Å²) in [6.07, 6.45) is 0.787. The van der Waals surface area contributed by atoms with Gasteiger partial charge in [0.25, 0.3) is 0 Å². The summed E-state index contributed by atoms with van der Waals surface area (Å²) in [5.74, 6) is 0.784. The first-order valence-electron chi connectivity index (χ1n) is 10.2. The van der Waals surface area contributed by atoms with Crippen LogP contribution in [0.5, 0.6) is 5.75 Å². The zero-order valence-electron chi connectivity index (χ0n) is 17.1. The highest BCUT2D eigenvalue weighted by Crippen LogP contribution is 2.39. The number of urea groups is 1. The number of amides is 2.